The Bertz CT molecular complexity index is 1250. The summed E-state index contributed by atoms with van der Waals surface area (Å²) in [6.07, 6.45) is 3.43. The van der Waals surface area contributed by atoms with Crippen LogP contribution in [0.2, 0.25) is 0 Å². The Kier molecular flexibility index (Phi) is 9.10. The van der Waals surface area contributed by atoms with E-state index in [0.29, 0.717) is 47.9 Å². The predicted molar refractivity (Wildman–Crippen MR) is 139 cm³/mol. The molecule has 2 atom stereocenters. The molecule has 1 aliphatic heterocycles. The van der Waals surface area contributed by atoms with E-state index in [2.05, 4.69) is 9.88 Å². The fourth-order valence-corrected chi connectivity index (χ4v) is 6.02. The van der Waals surface area contributed by atoms with Crippen LogP contribution in [0, 0.1) is 23.5 Å². The lowest BCUT2D eigenvalue weighted by Gasteiger charge is -2.38. The standard InChI is InChI=1S/C28H30F2N2O4S/c1-36-22-3-4-26-25(16-22)24(6-8-31-26)27(33)5-2-18-7-9-32(17-19(18)12-28(34)35)10-11-37-23-14-20(29)13-21(30)15-23/h3-4,6,8,13-16,18-19H,2,5,7,9-12,17H2,1H3,(H,34,35)/t18-,19+/m1/s1. The molecule has 0 radical (unpaired) electrons. The number of carbonyl (C=O) groups is 2. The molecule has 3 aromatic rings. The van der Waals surface area contributed by atoms with Crippen LogP contribution in [-0.2, 0) is 4.79 Å². The quantitative estimate of drug-likeness (QED) is 0.253. The lowest BCUT2D eigenvalue weighted by Crippen LogP contribution is -2.42. The van der Waals surface area contributed by atoms with Gasteiger partial charge in [-0.05, 0) is 67.6 Å². The first-order chi connectivity index (χ1) is 17.8. The number of ketones is 1. The van der Waals surface area contributed by atoms with Gasteiger partial charge in [-0.15, -0.1) is 11.8 Å². The molecule has 0 unspecified atom stereocenters. The second kappa shape index (κ2) is 12.5. The van der Waals surface area contributed by atoms with Crippen molar-refractivity contribution < 1.29 is 28.2 Å². The van der Waals surface area contributed by atoms with E-state index in [1.165, 1.54) is 23.9 Å². The number of piperidine rings is 1. The van der Waals surface area contributed by atoms with Crippen molar-refractivity contribution in [1.29, 1.82) is 0 Å². The monoisotopic (exact) mass is 528 g/mol. The minimum atomic E-state index is -0.847. The van der Waals surface area contributed by atoms with Crippen LogP contribution in [0.25, 0.3) is 10.9 Å². The first-order valence-corrected chi connectivity index (χ1v) is 13.3. The topological polar surface area (TPSA) is 79.7 Å². The van der Waals surface area contributed by atoms with Gasteiger partial charge in [0, 0.05) is 59.8 Å². The van der Waals surface area contributed by atoms with Gasteiger partial charge in [0.25, 0.3) is 0 Å². The molecule has 0 amide bonds. The van der Waals surface area contributed by atoms with Crippen molar-refractivity contribution in [2.24, 2.45) is 11.8 Å². The zero-order valence-electron chi connectivity index (χ0n) is 20.7. The van der Waals surface area contributed by atoms with Crippen LogP contribution in [-0.4, -0.2) is 59.2 Å². The van der Waals surface area contributed by atoms with Gasteiger partial charge in [-0.2, -0.15) is 0 Å². The lowest BCUT2D eigenvalue weighted by molar-refractivity contribution is -0.139. The van der Waals surface area contributed by atoms with Crippen LogP contribution < -0.4 is 4.74 Å². The van der Waals surface area contributed by atoms with Gasteiger partial charge in [-0.25, -0.2) is 8.78 Å². The number of likely N-dealkylation sites (tertiary alicyclic amines) is 1. The van der Waals surface area contributed by atoms with Crippen LogP contribution in [0.15, 0.2) is 53.6 Å². The van der Waals surface area contributed by atoms with Gasteiger partial charge in [0.15, 0.2) is 5.78 Å². The molecule has 37 heavy (non-hydrogen) atoms. The zero-order valence-corrected chi connectivity index (χ0v) is 21.5. The second-order valence-electron chi connectivity index (χ2n) is 9.36. The summed E-state index contributed by atoms with van der Waals surface area (Å²) in [5.41, 5.74) is 1.32. The van der Waals surface area contributed by atoms with Crippen LogP contribution in [0.1, 0.15) is 36.0 Å². The van der Waals surface area contributed by atoms with Crippen LogP contribution in [0.3, 0.4) is 0 Å². The molecule has 1 saturated heterocycles. The van der Waals surface area contributed by atoms with Gasteiger partial charge in [-0.3, -0.25) is 14.6 Å². The molecule has 4 rings (SSSR count). The van der Waals surface area contributed by atoms with Crippen molar-refractivity contribution in [2.45, 2.75) is 30.6 Å². The number of benzene rings is 2. The molecule has 0 aliphatic carbocycles. The number of thioether (sulfide) groups is 1. The number of aromatic nitrogens is 1. The maximum atomic E-state index is 13.4. The Labute approximate surface area is 219 Å². The van der Waals surface area contributed by atoms with Gasteiger partial charge in [0.05, 0.1) is 12.6 Å². The smallest absolute Gasteiger partial charge is 0.303 e. The fraction of sp³-hybridized carbons (Fsp3) is 0.393. The number of Topliss-reactive ketones (excluding diaryl/α,β-unsaturated/α-hetero) is 1. The molecule has 1 N–H and O–H groups in total. The largest absolute Gasteiger partial charge is 0.497 e. The molecule has 1 aromatic heterocycles. The number of hydrogen-bond donors (Lipinski definition) is 1. The molecule has 9 heteroatoms. The highest BCUT2D eigenvalue weighted by atomic mass is 32.2. The van der Waals surface area contributed by atoms with Crippen molar-refractivity contribution >= 4 is 34.4 Å². The van der Waals surface area contributed by atoms with Crippen molar-refractivity contribution in [3.05, 3.63) is 65.9 Å². The van der Waals surface area contributed by atoms with Crippen molar-refractivity contribution in [2.75, 3.05) is 32.5 Å². The number of carboxylic acid groups (broad SMARTS) is 1. The third-order valence-electron chi connectivity index (χ3n) is 6.92. The number of halogens is 2. The van der Waals surface area contributed by atoms with E-state index in [1.54, 1.807) is 19.4 Å². The molecule has 1 aliphatic rings. The normalized spacial score (nSPS) is 18.1. The highest BCUT2D eigenvalue weighted by molar-refractivity contribution is 7.99. The fourth-order valence-electron chi connectivity index (χ4n) is 5.05. The average Bonchev–Trinajstić information content (AvgIpc) is 2.86. The number of nitrogens with zero attached hydrogens (tertiary/aromatic N) is 2. The van der Waals surface area contributed by atoms with E-state index >= 15 is 0 Å². The molecule has 0 saturated carbocycles. The van der Waals surface area contributed by atoms with Gasteiger partial charge in [-0.1, -0.05) is 0 Å². The van der Waals surface area contributed by atoms with E-state index in [-0.39, 0.29) is 24.0 Å². The summed E-state index contributed by atoms with van der Waals surface area (Å²) in [4.78, 5) is 31.8. The summed E-state index contributed by atoms with van der Waals surface area (Å²) in [6.45, 7) is 2.11. The molecule has 196 valence electrons. The van der Waals surface area contributed by atoms with E-state index in [9.17, 15) is 23.5 Å². The zero-order chi connectivity index (χ0) is 26.4. The molecule has 2 aromatic carbocycles. The lowest BCUT2D eigenvalue weighted by atomic mass is 9.79. The SMILES string of the molecule is COc1ccc2nccc(C(=O)CC[C@@H]3CCN(CCSc4cc(F)cc(F)c4)C[C@@H]3CC(=O)O)c2c1. The molecule has 6 nitrogen and oxygen atoms in total. The maximum absolute atomic E-state index is 13.4. The van der Waals surface area contributed by atoms with E-state index < -0.39 is 17.6 Å². The summed E-state index contributed by atoms with van der Waals surface area (Å²) in [5.74, 6) is -0.671. The third kappa shape index (κ3) is 7.26. The van der Waals surface area contributed by atoms with Crippen LogP contribution in [0.4, 0.5) is 8.78 Å². The van der Waals surface area contributed by atoms with Crippen molar-refractivity contribution in [1.82, 2.24) is 9.88 Å². The maximum Gasteiger partial charge on any atom is 0.303 e. The van der Waals surface area contributed by atoms with Gasteiger partial charge in [0.2, 0.25) is 0 Å². The first-order valence-electron chi connectivity index (χ1n) is 12.3. The van der Waals surface area contributed by atoms with E-state index in [1.807, 2.05) is 18.2 Å². The molecule has 1 fully saturated rings. The summed E-state index contributed by atoms with van der Waals surface area (Å²) in [6, 6.07) is 10.7. The number of fused-ring (bicyclic) bond motifs is 1. The van der Waals surface area contributed by atoms with Crippen LogP contribution >= 0.6 is 11.8 Å². The number of methoxy groups -OCH3 is 1. The summed E-state index contributed by atoms with van der Waals surface area (Å²) in [7, 11) is 1.58. The number of aliphatic carboxylic acids is 1. The van der Waals surface area contributed by atoms with Gasteiger partial charge in [0.1, 0.15) is 17.4 Å². The summed E-state index contributed by atoms with van der Waals surface area (Å²) >= 11 is 1.38. The number of carbonyl (C=O) groups excluding carboxylic acids is 1. The highest BCUT2D eigenvalue weighted by Crippen LogP contribution is 2.32. The number of ether oxygens (including phenoxy) is 1. The first kappa shape index (κ1) is 27.0. The number of hydrogen-bond acceptors (Lipinski definition) is 6. The molecule has 2 heterocycles. The predicted octanol–water partition coefficient (Wildman–Crippen LogP) is 5.69. The van der Waals surface area contributed by atoms with Crippen molar-refractivity contribution in [3.63, 3.8) is 0 Å². The average molecular weight is 529 g/mol. The molecule has 0 bridgehead atoms. The van der Waals surface area contributed by atoms with E-state index in [4.69, 9.17) is 4.74 Å². The Morgan fingerprint density at radius 2 is 1.92 bits per heavy atom. The minimum Gasteiger partial charge on any atom is -0.497 e. The summed E-state index contributed by atoms with van der Waals surface area (Å²) in [5, 5.41) is 10.2. The molecular formula is C28H30F2N2O4S. The number of pyridine rings is 1. The van der Waals surface area contributed by atoms with Gasteiger partial charge >= 0.3 is 5.97 Å². The Morgan fingerprint density at radius 3 is 2.65 bits per heavy atom. The highest BCUT2D eigenvalue weighted by Gasteiger charge is 2.31. The number of rotatable bonds is 11. The Morgan fingerprint density at radius 1 is 1.14 bits per heavy atom. The van der Waals surface area contributed by atoms with E-state index in [0.717, 1.165) is 29.9 Å². The van der Waals surface area contributed by atoms with Crippen molar-refractivity contribution in [3.8, 4) is 5.75 Å². The number of carboxylic acids is 1. The Hall–Kier alpha value is -3.04. The third-order valence-corrected chi connectivity index (χ3v) is 7.87. The minimum absolute atomic E-state index is 0.0101. The second-order valence-corrected chi connectivity index (χ2v) is 10.5. The van der Waals surface area contributed by atoms with Gasteiger partial charge < -0.3 is 14.7 Å². The Balaban J connectivity index is 1.35. The van der Waals surface area contributed by atoms with Crippen LogP contribution in [0.5, 0.6) is 5.75 Å². The summed E-state index contributed by atoms with van der Waals surface area (Å²) < 4.78 is 32.1. The molecular weight excluding hydrogens is 498 g/mol. The molecule has 0 spiro atoms.